The first-order valence-electron chi connectivity index (χ1n) is 9.07. The Morgan fingerprint density at radius 2 is 1.93 bits per heavy atom. The van der Waals surface area contributed by atoms with Gasteiger partial charge in [-0.25, -0.2) is 4.79 Å². The molecule has 0 aliphatic heterocycles. The highest BCUT2D eigenvalue weighted by atomic mass is 35.5. The third-order valence-corrected chi connectivity index (χ3v) is 5.14. The lowest BCUT2D eigenvalue weighted by molar-refractivity contribution is 0.131. The SMILES string of the molecule is CC(C)(C)Oc1ccc(-c2ccc3c(c2)CC(C)(C)[C@H]3NC(=O)O)c(Cl)c1. The van der Waals surface area contributed by atoms with Crippen LogP contribution in [0.15, 0.2) is 36.4 Å². The van der Waals surface area contributed by atoms with Crippen molar-refractivity contribution in [2.24, 2.45) is 5.41 Å². The Balaban J connectivity index is 1.94. The molecule has 2 aromatic carbocycles. The maximum atomic E-state index is 11.2. The summed E-state index contributed by atoms with van der Waals surface area (Å²) >= 11 is 6.53. The minimum Gasteiger partial charge on any atom is -0.488 e. The second-order valence-corrected chi connectivity index (χ2v) is 9.22. The molecule has 0 unspecified atom stereocenters. The van der Waals surface area contributed by atoms with Gasteiger partial charge in [0.2, 0.25) is 0 Å². The Kier molecular flexibility index (Phi) is 4.89. The molecule has 1 atom stereocenters. The van der Waals surface area contributed by atoms with Gasteiger partial charge in [-0.2, -0.15) is 0 Å². The number of ether oxygens (including phenoxy) is 1. The van der Waals surface area contributed by atoms with E-state index < -0.39 is 6.09 Å². The lowest BCUT2D eigenvalue weighted by Gasteiger charge is -2.27. The van der Waals surface area contributed by atoms with Crippen molar-refractivity contribution in [3.63, 3.8) is 0 Å². The number of rotatable bonds is 3. The first-order valence-corrected chi connectivity index (χ1v) is 9.45. The van der Waals surface area contributed by atoms with Crippen LogP contribution in [0.3, 0.4) is 0 Å². The van der Waals surface area contributed by atoms with Gasteiger partial charge in [-0.1, -0.05) is 43.6 Å². The molecule has 0 radical (unpaired) electrons. The molecule has 0 saturated heterocycles. The van der Waals surface area contributed by atoms with Gasteiger partial charge in [0.05, 0.1) is 11.1 Å². The standard InChI is InChI=1S/C22H26ClNO3/c1-21(2,3)27-15-7-9-16(18(23)11-15)13-6-8-17-14(10-13)12-22(4,5)19(17)24-20(25)26/h6-11,19,24H,12H2,1-5H3,(H,25,26)/t19-/m0/s1. The average Bonchev–Trinajstić information content (AvgIpc) is 2.75. The Labute approximate surface area is 165 Å². The summed E-state index contributed by atoms with van der Waals surface area (Å²) in [7, 11) is 0. The summed E-state index contributed by atoms with van der Waals surface area (Å²) in [6, 6.07) is 11.7. The van der Waals surface area contributed by atoms with Gasteiger partial charge in [-0.15, -0.1) is 0 Å². The third kappa shape index (κ3) is 4.22. The van der Waals surface area contributed by atoms with Crippen LogP contribution in [0.4, 0.5) is 4.79 Å². The molecule has 0 fully saturated rings. The smallest absolute Gasteiger partial charge is 0.405 e. The van der Waals surface area contributed by atoms with E-state index in [-0.39, 0.29) is 17.1 Å². The van der Waals surface area contributed by atoms with Crippen LogP contribution in [0.1, 0.15) is 51.8 Å². The molecule has 0 saturated carbocycles. The van der Waals surface area contributed by atoms with Gasteiger partial charge in [-0.3, -0.25) is 0 Å². The van der Waals surface area contributed by atoms with E-state index in [9.17, 15) is 4.79 Å². The van der Waals surface area contributed by atoms with Crippen molar-refractivity contribution < 1.29 is 14.6 Å². The summed E-state index contributed by atoms with van der Waals surface area (Å²) in [5.41, 5.74) is 3.70. The Morgan fingerprint density at radius 1 is 1.22 bits per heavy atom. The van der Waals surface area contributed by atoms with E-state index in [1.54, 1.807) is 0 Å². The second kappa shape index (κ2) is 6.75. The van der Waals surface area contributed by atoms with Gasteiger partial charge < -0.3 is 15.2 Å². The molecule has 3 rings (SSSR count). The van der Waals surface area contributed by atoms with E-state index in [4.69, 9.17) is 21.4 Å². The van der Waals surface area contributed by atoms with Crippen LogP contribution in [0.2, 0.25) is 5.02 Å². The van der Waals surface area contributed by atoms with Crippen LogP contribution in [0.25, 0.3) is 11.1 Å². The highest BCUT2D eigenvalue weighted by Crippen LogP contribution is 2.46. The van der Waals surface area contributed by atoms with Crippen molar-refractivity contribution in [3.05, 3.63) is 52.5 Å². The van der Waals surface area contributed by atoms with E-state index in [1.807, 2.05) is 51.1 Å². The average molecular weight is 388 g/mol. The van der Waals surface area contributed by atoms with Gasteiger partial charge in [0.25, 0.3) is 0 Å². The number of halogens is 1. The minimum absolute atomic E-state index is 0.173. The van der Waals surface area contributed by atoms with Gasteiger partial charge in [0, 0.05) is 5.56 Å². The topological polar surface area (TPSA) is 58.6 Å². The van der Waals surface area contributed by atoms with Crippen LogP contribution in [0.5, 0.6) is 5.75 Å². The van der Waals surface area contributed by atoms with E-state index in [1.165, 1.54) is 0 Å². The molecule has 4 nitrogen and oxygen atoms in total. The van der Waals surface area contributed by atoms with Crippen molar-refractivity contribution in [2.45, 2.75) is 52.7 Å². The number of fused-ring (bicyclic) bond motifs is 1. The number of hydrogen-bond donors (Lipinski definition) is 2. The maximum absolute atomic E-state index is 11.2. The molecule has 5 heteroatoms. The Hall–Kier alpha value is -2.20. The summed E-state index contributed by atoms with van der Waals surface area (Å²) in [4.78, 5) is 11.2. The van der Waals surface area contributed by atoms with Crippen LogP contribution in [-0.4, -0.2) is 16.8 Å². The van der Waals surface area contributed by atoms with Gasteiger partial charge in [-0.05, 0) is 67.5 Å². The summed E-state index contributed by atoms with van der Waals surface area (Å²) in [5.74, 6) is 0.740. The normalized spacial score (nSPS) is 18.1. The number of benzene rings is 2. The fraction of sp³-hybridized carbons (Fsp3) is 0.409. The molecular weight excluding hydrogens is 362 g/mol. The fourth-order valence-electron chi connectivity index (χ4n) is 3.77. The fourth-order valence-corrected chi connectivity index (χ4v) is 4.05. The molecule has 0 spiro atoms. The third-order valence-electron chi connectivity index (χ3n) is 4.82. The number of carboxylic acid groups (broad SMARTS) is 1. The molecule has 2 N–H and O–H groups in total. The molecule has 27 heavy (non-hydrogen) atoms. The summed E-state index contributed by atoms with van der Waals surface area (Å²) in [5, 5.41) is 12.5. The lowest BCUT2D eigenvalue weighted by Crippen LogP contribution is -2.34. The van der Waals surface area contributed by atoms with Crippen LogP contribution >= 0.6 is 11.6 Å². The minimum atomic E-state index is -0.998. The first kappa shape index (κ1) is 19.6. The molecule has 144 valence electrons. The van der Waals surface area contributed by atoms with E-state index in [2.05, 4.69) is 25.2 Å². The zero-order chi connectivity index (χ0) is 20.0. The van der Waals surface area contributed by atoms with Crippen molar-refractivity contribution in [1.82, 2.24) is 5.32 Å². The van der Waals surface area contributed by atoms with Crippen LogP contribution in [-0.2, 0) is 6.42 Å². The molecule has 2 aromatic rings. The monoisotopic (exact) mass is 387 g/mol. The quantitative estimate of drug-likeness (QED) is 0.671. The van der Waals surface area contributed by atoms with Gasteiger partial charge >= 0.3 is 6.09 Å². The molecule has 0 bridgehead atoms. The predicted octanol–water partition coefficient (Wildman–Crippen LogP) is 6.08. The zero-order valence-corrected chi connectivity index (χ0v) is 17.1. The van der Waals surface area contributed by atoms with Crippen molar-refractivity contribution in [1.29, 1.82) is 0 Å². The van der Waals surface area contributed by atoms with Crippen LogP contribution < -0.4 is 10.1 Å². The zero-order valence-electron chi connectivity index (χ0n) is 16.4. The predicted molar refractivity (Wildman–Crippen MR) is 109 cm³/mol. The molecule has 1 aliphatic carbocycles. The van der Waals surface area contributed by atoms with E-state index in [0.29, 0.717) is 5.02 Å². The van der Waals surface area contributed by atoms with Crippen molar-refractivity contribution in [3.8, 4) is 16.9 Å². The molecule has 1 amide bonds. The highest BCUT2D eigenvalue weighted by molar-refractivity contribution is 6.33. The Morgan fingerprint density at radius 3 is 2.52 bits per heavy atom. The maximum Gasteiger partial charge on any atom is 0.405 e. The van der Waals surface area contributed by atoms with Crippen LogP contribution in [0, 0.1) is 5.41 Å². The molecule has 0 heterocycles. The lowest BCUT2D eigenvalue weighted by atomic mass is 9.85. The number of amides is 1. The molecule has 1 aliphatic rings. The van der Waals surface area contributed by atoms with E-state index in [0.717, 1.165) is 34.4 Å². The van der Waals surface area contributed by atoms with Crippen molar-refractivity contribution in [2.75, 3.05) is 0 Å². The largest absolute Gasteiger partial charge is 0.488 e. The summed E-state index contributed by atoms with van der Waals surface area (Å²) in [6.45, 7) is 10.2. The first-order chi connectivity index (χ1) is 12.5. The number of nitrogens with one attached hydrogen (secondary N) is 1. The summed E-state index contributed by atoms with van der Waals surface area (Å²) < 4.78 is 5.88. The number of carbonyl (C=O) groups is 1. The molecule has 0 aromatic heterocycles. The second-order valence-electron chi connectivity index (χ2n) is 8.82. The van der Waals surface area contributed by atoms with E-state index >= 15 is 0 Å². The highest BCUT2D eigenvalue weighted by Gasteiger charge is 2.40. The number of hydrogen-bond acceptors (Lipinski definition) is 2. The van der Waals surface area contributed by atoms with Gasteiger partial charge in [0.15, 0.2) is 0 Å². The Bertz CT molecular complexity index is 884. The molecular formula is C22H26ClNO3. The van der Waals surface area contributed by atoms with Crippen molar-refractivity contribution >= 4 is 17.7 Å². The summed E-state index contributed by atoms with van der Waals surface area (Å²) in [6.07, 6.45) is -0.188. The van der Waals surface area contributed by atoms with Gasteiger partial charge in [0.1, 0.15) is 11.4 Å².